The summed E-state index contributed by atoms with van der Waals surface area (Å²) in [6.07, 6.45) is 8.38. The van der Waals surface area contributed by atoms with Gasteiger partial charge in [-0.15, -0.1) is 10.2 Å². The van der Waals surface area contributed by atoms with E-state index in [1.165, 1.54) is 36.7 Å². The molecule has 1 saturated carbocycles. The van der Waals surface area contributed by atoms with E-state index >= 15 is 0 Å². The number of nitrogens with zero attached hydrogens (tertiary/aromatic N) is 3. The maximum Gasteiger partial charge on any atom is 0.273 e. The van der Waals surface area contributed by atoms with Gasteiger partial charge in [0.15, 0.2) is 0 Å². The quantitative estimate of drug-likeness (QED) is 0.899. The Labute approximate surface area is 120 Å². The van der Waals surface area contributed by atoms with Crippen LogP contribution in [0.2, 0.25) is 0 Å². The fourth-order valence-electron chi connectivity index (χ4n) is 3.13. The van der Waals surface area contributed by atoms with Crippen molar-refractivity contribution in [2.75, 3.05) is 0 Å². The number of unbranched alkanes of at least 4 members (excludes halogenated alkanes) is 1. The molecule has 0 aromatic carbocycles. The number of sulfonamides is 1. The average molecular weight is 300 g/mol. The molecule has 0 unspecified atom stereocenters. The van der Waals surface area contributed by atoms with Crippen LogP contribution in [0.25, 0.3) is 0 Å². The Morgan fingerprint density at radius 1 is 1.25 bits per heavy atom. The van der Waals surface area contributed by atoms with Crippen molar-refractivity contribution in [2.24, 2.45) is 18.1 Å². The lowest BCUT2D eigenvalue weighted by atomic mass is 9.79. The molecule has 1 heterocycles. The number of hydrogen-bond acceptors (Lipinski definition) is 4. The van der Waals surface area contributed by atoms with Crippen LogP contribution in [0.1, 0.15) is 63.6 Å². The Hall–Kier alpha value is -0.950. The number of primary sulfonamides is 1. The first-order valence-corrected chi connectivity index (χ1v) is 8.90. The van der Waals surface area contributed by atoms with E-state index in [1.807, 2.05) is 0 Å². The van der Waals surface area contributed by atoms with Crippen LogP contribution < -0.4 is 5.14 Å². The predicted molar refractivity (Wildman–Crippen MR) is 76.6 cm³/mol. The van der Waals surface area contributed by atoms with Gasteiger partial charge in [0.1, 0.15) is 5.82 Å². The van der Waals surface area contributed by atoms with Crippen molar-refractivity contribution < 1.29 is 8.42 Å². The zero-order valence-electron chi connectivity index (χ0n) is 12.2. The van der Waals surface area contributed by atoms with Gasteiger partial charge in [-0.05, 0) is 31.6 Å². The third-order valence-electron chi connectivity index (χ3n) is 4.30. The summed E-state index contributed by atoms with van der Waals surface area (Å²) in [6.45, 7) is 2.22. The van der Waals surface area contributed by atoms with Crippen molar-refractivity contribution >= 4 is 10.0 Å². The molecule has 0 atom stereocenters. The summed E-state index contributed by atoms with van der Waals surface area (Å²) in [7, 11) is -2.11. The second kappa shape index (κ2) is 6.22. The minimum Gasteiger partial charge on any atom is -0.304 e. The minimum absolute atomic E-state index is 0.138. The van der Waals surface area contributed by atoms with Crippen molar-refractivity contribution in [1.82, 2.24) is 14.8 Å². The molecule has 1 aliphatic carbocycles. The zero-order valence-corrected chi connectivity index (χ0v) is 13.1. The first kappa shape index (κ1) is 15.4. The summed E-state index contributed by atoms with van der Waals surface area (Å²) in [6, 6.07) is 0. The molecule has 0 saturated heterocycles. The molecule has 0 spiro atoms. The predicted octanol–water partition coefficient (Wildman–Crippen LogP) is 1.93. The van der Waals surface area contributed by atoms with Gasteiger partial charge in [-0.3, -0.25) is 0 Å². The van der Waals surface area contributed by atoms with Crippen molar-refractivity contribution in [1.29, 1.82) is 0 Å². The molecule has 0 amide bonds. The molecule has 2 N–H and O–H groups in total. The lowest BCUT2D eigenvalue weighted by molar-refractivity contribution is 0.295. The number of rotatable bonds is 5. The van der Waals surface area contributed by atoms with E-state index in [4.69, 9.17) is 5.14 Å². The molecule has 6 nitrogen and oxygen atoms in total. The topological polar surface area (TPSA) is 90.9 Å². The third-order valence-corrected chi connectivity index (χ3v) is 5.17. The van der Waals surface area contributed by atoms with Crippen LogP contribution in [-0.2, 0) is 17.1 Å². The number of hydrogen-bond donors (Lipinski definition) is 1. The van der Waals surface area contributed by atoms with Crippen molar-refractivity contribution in [3.63, 3.8) is 0 Å². The van der Waals surface area contributed by atoms with Gasteiger partial charge >= 0.3 is 0 Å². The van der Waals surface area contributed by atoms with Crippen LogP contribution in [0.3, 0.4) is 0 Å². The summed E-state index contributed by atoms with van der Waals surface area (Å²) in [4.78, 5) is 0. The monoisotopic (exact) mass is 300 g/mol. The maximum absolute atomic E-state index is 11.4. The van der Waals surface area contributed by atoms with Gasteiger partial charge in [0.2, 0.25) is 0 Å². The van der Waals surface area contributed by atoms with Gasteiger partial charge in [-0.2, -0.15) is 0 Å². The highest BCUT2D eigenvalue weighted by atomic mass is 32.2. The molecular weight excluding hydrogens is 276 g/mol. The molecule has 1 aromatic rings. The van der Waals surface area contributed by atoms with Crippen LogP contribution in [0.15, 0.2) is 5.16 Å². The standard InChI is InChI=1S/C13H24N4O2S/c1-3-4-5-10-6-8-11(9-7-10)12-15-16-13(17(12)2)20(14,18)19/h10-11H,3-9H2,1-2H3,(H2,14,18,19). The largest absolute Gasteiger partial charge is 0.304 e. The Balaban J connectivity index is 2.03. The Morgan fingerprint density at radius 2 is 1.90 bits per heavy atom. The van der Waals surface area contributed by atoms with Crippen molar-refractivity contribution in [3.05, 3.63) is 5.82 Å². The molecule has 7 heteroatoms. The molecule has 1 aliphatic rings. The van der Waals surface area contributed by atoms with Gasteiger partial charge in [0, 0.05) is 13.0 Å². The van der Waals surface area contributed by atoms with Crippen molar-refractivity contribution in [2.45, 2.75) is 62.9 Å². The lowest BCUT2D eigenvalue weighted by Crippen LogP contribution is -2.20. The molecule has 114 valence electrons. The van der Waals surface area contributed by atoms with Crippen LogP contribution in [0.5, 0.6) is 0 Å². The van der Waals surface area contributed by atoms with Gasteiger partial charge in [0.25, 0.3) is 15.2 Å². The zero-order chi connectivity index (χ0) is 14.8. The van der Waals surface area contributed by atoms with Gasteiger partial charge in [0.05, 0.1) is 0 Å². The Kier molecular flexibility index (Phi) is 4.80. The Bertz CT molecular complexity index is 545. The lowest BCUT2D eigenvalue weighted by Gasteiger charge is -2.27. The highest BCUT2D eigenvalue weighted by molar-refractivity contribution is 7.89. The van der Waals surface area contributed by atoms with Crippen LogP contribution in [0, 0.1) is 5.92 Å². The summed E-state index contributed by atoms with van der Waals surface area (Å²) in [5.41, 5.74) is 0. The van der Waals surface area contributed by atoms with E-state index in [2.05, 4.69) is 17.1 Å². The number of nitrogens with two attached hydrogens (primary N) is 1. The first-order chi connectivity index (χ1) is 9.43. The second-order valence-corrected chi connectivity index (χ2v) is 7.26. The SMILES string of the molecule is CCCCC1CCC(c2nnc(S(N)(=O)=O)n2C)CC1. The van der Waals surface area contributed by atoms with Crippen LogP contribution in [0.4, 0.5) is 0 Å². The van der Waals surface area contributed by atoms with Gasteiger partial charge < -0.3 is 4.57 Å². The summed E-state index contributed by atoms with van der Waals surface area (Å²) in [5, 5.41) is 12.8. The van der Waals surface area contributed by atoms with E-state index in [0.717, 1.165) is 24.6 Å². The minimum atomic E-state index is -3.78. The molecule has 2 rings (SSSR count). The van der Waals surface area contributed by atoms with E-state index in [9.17, 15) is 8.42 Å². The fraction of sp³-hybridized carbons (Fsp3) is 0.846. The van der Waals surface area contributed by atoms with Gasteiger partial charge in [-0.1, -0.05) is 26.2 Å². The smallest absolute Gasteiger partial charge is 0.273 e. The van der Waals surface area contributed by atoms with Crippen LogP contribution in [-0.4, -0.2) is 23.2 Å². The first-order valence-electron chi connectivity index (χ1n) is 7.35. The van der Waals surface area contributed by atoms with Crippen molar-refractivity contribution in [3.8, 4) is 0 Å². The van der Waals surface area contributed by atoms with Crippen LogP contribution >= 0.6 is 0 Å². The molecule has 1 aromatic heterocycles. The normalized spacial score (nSPS) is 23.9. The molecule has 20 heavy (non-hydrogen) atoms. The number of aromatic nitrogens is 3. The highest BCUT2D eigenvalue weighted by Crippen LogP contribution is 2.37. The van der Waals surface area contributed by atoms with E-state index in [1.54, 1.807) is 7.05 Å². The highest BCUT2D eigenvalue weighted by Gasteiger charge is 2.28. The summed E-state index contributed by atoms with van der Waals surface area (Å²) >= 11 is 0. The second-order valence-electron chi connectivity index (χ2n) is 5.80. The average Bonchev–Trinajstić information content (AvgIpc) is 2.79. The Morgan fingerprint density at radius 3 is 2.40 bits per heavy atom. The van der Waals surface area contributed by atoms with E-state index in [-0.39, 0.29) is 5.16 Å². The summed E-state index contributed by atoms with van der Waals surface area (Å²) in [5.74, 6) is 1.88. The van der Waals surface area contributed by atoms with E-state index in [0.29, 0.717) is 5.92 Å². The van der Waals surface area contributed by atoms with E-state index < -0.39 is 10.0 Å². The molecule has 0 bridgehead atoms. The molecule has 1 fully saturated rings. The molecular formula is C13H24N4O2S. The fourth-order valence-corrected chi connectivity index (χ4v) is 3.76. The summed E-state index contributed by atoms with van der Waals surface area (Å²) < 4.78 is 24.3. The maximum atomic E-state index is 11.4. The van der Waals surface area contributed by atoms with Gasteiger partial charge in [-0.25, -0.2) is 13.6 Å². The molecule has 0 radical (unpaired) electrons. The molecule has 0 aliphatic heterocycles. The third kappa shape index (κ3) is 3.38.